The summed E-state index contributed by atoms with van der Waals surface area (Å²) in [6, 6.07) is 12.3. The van der Waals surface area contributed by atoms with E-state index in [9.17, 15) is 10.1 Å². The third-order valence-electron chi connectivity index (χ3n) is 3.14. The molecule has 110 valence electrons. The smallest absolute Gasteiger partial charge is 0.269 e. The van der Waals surface area contributed by atoms with Gasteiger partial charge in [0.25, 0.3) is 5.69 Å². The number of nitrogens with one attached hydrogen (secondary N) is 1. The number of hydrogen-bond donors (Lipinski definition) is 1. The summed E-state index contributed by atoms with van der Waals surface area (Å²) < 4.78 is 6.05. The van der Waals surface area contributed by atoms with E-state index in [0.29, 0.717) is 0 Å². The van der Waals surface area contributed by atoms with Crippen LogP contribution in [0.5, 0.6) is 5.75 Å². The van der Waals surface area contributed by atoms with Crippen molar-refractivity contribution >= 4 is 27.3 Å². The Morgan fingerprint density at radius 3 is 2.43 bits per heavy atom. The maximum absolute atomic E-state index is 10.6. The number of benzene rings is 2. The molecule has 1 N–H and O–H groups in total. The van der Waals surface area contributed by atoms with Gasteiger partial charge in [-0.2, -0.15) is 0 Å². The van der Waals surface area contributed by atoms with E-state index in [0.717, 1.165) is 21.5 Å². The van der Waals surface area contributed by atoms with Gasteiger partial charge in [0.1, 0.15) is 5.75 Å². The SMILES string of the molecule is COc1ccc(NC(C)c2ccc([N+](=O)[O-])cc2)cc1Br. The van der Waals surface area contributed by atoms with Gasteiger partial charge in [-0.1, -0.05) is 12.1 Å². The standard InChI is InChI=1S/C15H15BrN2O3/c1-10(11-3-6-13(7-4-11)18(19)20)17-12-5-8-15(21-2)14(16)9-12/h3-10,17H,1-2H3. The van der Waals surface area contributed by atoms with Crippen LogP contribution in [-0.4, -0.2) is 12.0 Å². The Bertz CT molecular complexity index is 644. The van der Waals surface area contributed by atoms with Crippen LogP contribution in [-0.2, 0) is 0 Å². The van der Waals surface area contributed by atoms with Crippen LogP contribution in [0.15, 0.2) is 46.9 Å². The van der Waals surface area contributed by atoms with Crippen molar-refractivity contribution in [3.8, 4) is 5.75 Å². The molecule has 0 saturated heterocycles. The normalized spacial score (nSPS) is 11.8. The highest BCUT2D eigenvalue weighted by atomic mass is 79.9. The van der Waals surface area contributed by atoms with Crippen molar-refractivity contribution in [2.75, 3.05) is 12.4 Å². The minimum Gasteiger partial charge on any atom is -0.496 e. The zero-order valence-corrected chi connectivity index (χ0v) is 13.3. The molecule has 0 heterocycles. The summed E-state index contributed by atoms with van der Waals surface area (Å²) in [5.41, 5.74) is 2.01. The summed E-state index contributed by atoms with van der Waals surface area (Å²) in [6.07, 6.45) is 0. The maximum Gasteiger partial charge on any atom is 0.269 e. The molecular weight excluding hydrogens is 336 g/mol. The summed E-state index contributed by atoms with van der Waals surface area (Å²) in [4.78, 5) is 10.2. The molecule has 0 amide bonds. The minimum atomic E-state index is -0.400. The van der Waals surface area contributed by atoms with Crippen LogP contribution in [0.25, 0.3) is 0 Å². The van der Waals surface area contributed by atoms with Crippen molar-refractivity contribution in [1.82, 2.24) is 0 Å². The first-order chi connectivity index (χ1) is 10.0. The fourth-order valence-electron chi connectivity index (χ4n) is 1.97. The average molecular weight is 351 g/mol. The zero-order valence-electron chi connectivity index (χ0n) is 11.7. The summed E-state index contributed by atoms with van der Waals surface area (Å²) in [5.74, 6) is 0.767. The van der Waals surface area contributed by atoms with Crippen LogP contribution in [0.1, 0.15) is 18.5 Å². The third-order valence-corrected chi connectivity index (χ3v) is 3.76. The first-order valence-electron chi connectivity index (χ1n) is 6.35. The van der Waals surface area contributed by atoms with E-state index in [1.165, 1.54) is 12.1 Å². The van der Waals surface area contributed by atoms with Crippen LogP contribution in [0.3, 0.4) is 0 Å². The molecule has 0 saturated carbocycles. The van der Waals surface area contributed by atoms with Gasteiger partial charge in [-0.25, -0.2) is 0 Å². The molecular formula is C15H15BrN2O3. The van der Waals surface area contributed by atoms with Crippen molar-refractivity contribution in [3.63, 3.8) is 0 Å². The number of nitrogens with zero attached hydrogens (tertiary/aromatic N) is 1. The topological polar surface area (TPSA) is 64.4 Å². The Morgan fingerprint density at radius 1 is 1.24 bits per heavy atom. The van der Waals surface area contributed by atoms with Gasteiger partial charge in [-0.05, 0) is 46.6 Å². The fourth-order valence-corrected chi connectivity index (χ4v) is 2.51. The molecule has 0 aliphatic heterocycles. The number of nitro groups is 1. The molecule has 21 heavy (non-hydrogen) atoms. The maximum atomic E-state index is 10.6. The van der Waals surface area contributed by atoms with Crippen LogP contribution in [0, 0.1) is 10.1 Å². The molecule has 0 fully saturated rings. The monoisotopic (exact) mass is 350 g/mol. The molecule has 0 aliphatic rings. The molecule has 2 aromatic carbocycles. The number of hydrogen-bond acceptors (Lipinski definition) is 4. The quantitative estimate of drug-likeness (QED) is 0.635. The molecule has 6 heteroatoms. The Kier molecular flexibility index (Phi) is 4.80. The first kappa shape index (κ1) is 15.3. The number of anilines is 1. The average Bonchev–Trinajstić information content (AvgIpc) is 2.47. The highest BCUT2D eigenvalue weighted by Gasteiger charge is 2.10. The number of methoxy groups -OCH3 is 1. The Labute approximate surface area is 131 Å². The summed E-state index contributed by atoms with van der Waals surface area (Å²) >= 11 is 3.44. The predicted octanol–water partition coefficient (Wildman–Crippen LogP) is 4.54. The van der Waals surface area contributed by atoms with Crippen LogP contribution >= 0.6 is 15.9 Å². The van der Waals surface area contributed by atoms with Gasteiger partial charge in [0.05, 0.1) is 16.5 Å². The molecule has 0 radical (unpaired) electrons. The van der Waals surface area contributed by atoms with E-state index < -0.39 is 4.92 Å². The second kappa shape index (κ2) is 6.58. The molecule has 0 aromatic heterocycles. The number of non-ortho nitro benzene ring substituents is 1. The molecule has 1 atom stereocenters. The molecule has 0 spiro atoms. The van der Waals surface area contributed by atoms with Crippen molar-refractivity contribution in [2.24, 2.45) is 0 Å². The third kappa shape index (κ3) is 3.72. The molecule has 0 aliphatic carbocycles. The summed E-state index contributed by atoms with van der Waals surface area (Å²) in [6.45, 7) is 2.00. The van der Waals surface area contributed by atoms with Gasteiger partial charge in [0.2, 0.25) is 0 Å². The van der Waals surface area contributed by atoms with Crippen molar-refractivity contribution in [2.45, 2.75) is 13.0 Å². The van der Waals surface area contributed by atoms with Gasteiger partial charge in [0.15, 0.2) is 0 Å². The van der Waals surface area contributed by atoms with E-state index in [1.54, 1.807) is 19.2 Å². The fraction of sp³-hybridized carbons (Fsp3) is 0.200. The summed E-state index contributed by atoms with van der Waals surface area (Å²) in [5, 5.41) is 14.0. The predicted molar refractivity (Wildman–Crippen MR) is 85.8 cm³/mol. The van der Waals surface area contributed by atoms with E-state index in [4.69, 9.17) is 4.74 Å². The van der Waals surface area contributed by atoms with E-state index in [-0.39, 0.29) is 11.7 Å². The van der Waals surface area contributed by atoms with E-state index >= 15 is 0 Å². The second-order valence-corrected chi connectivity index (χ2v) is 5.42. The lowest BCUT2D eigenvalue weighted by atomic mass is 10.1. The van der Waals surface area contributed by atoms with Gasteiger partial charge >= 0.3 is 0 Å². The lowest BCUT2D eigenvalue weighted by molar-refractivity contribution is -0.384. The Balaban J connectivity index is 2.12. The van der Waals surface area contributed by atoms with Gasteiger partial charge in [0, 0.05) is 23.9 Å². The van der Waals surface area contributed by atoms with Crippen LogP contribution < -0.4 is 10.1 Å². The van der Waals surface area contributed by atoms with Crippen molar-refractivity contribution < 1.29 is 9.66 Å². The Hall–Kier alpha value is -2.08. The highest BCUT2D eigenvalue weighted by molar-refractivity contribution is 9.10. The lowest BCUT2D eigenvalue weighted by Gasteiger charge is -2.16. The molecule has 0 bridgehead atoms. The molecule has 1 unspecified atom stereocenters. The van der Waals surface area contributed by atoms with E-state index in [2.05, 4.69) is 21.2 Å². The lowest BCUT2D eigenvalue weighted by Crippen LogP contribution is -2.06. The largest absolute Gasteiger partial charge is 0.496 e. The molecule has 2 rings (SSSR count). The van der Waals surface area contributed by atoms with Gasteiger partial charge in [-0.15, -0.1) is 0 Å². The Morgan fingerprint density at radius 2 is 1.90 bits per heavy atom. The van der Waals surface area contributed by atoms with Gasteiger partial charge in [-0.3, -0.25) is 10.1 Å². The molecule has 2 aromatic rings. The van der Waals surface area contributed by atoms with Crippen molar-refractivity contribution in [3.05, 3.63) is 62.6 Å². The van der Waals surface area contributed by atoms with Gasteiger partial charge < -0.3 is 10.1 Å². The van der Waals surface area contributed by atoms with E-state index in [1.807, 2.05) is 25.1 Å². The molecule has 5 nitrogen and oxygen atoms in total. The minimum absolute atomic E-state index is 0.0334. The first-order valence-corrected chi connectivity index (χ1v) is 7.15. The number of halogens is 1. The van der Waals surface area contributed by atoms with Crippen LogP contribution in [0.2, 0.25) is 0 Å². The highest BCUT2D eigenvalue weighted by Crippen LogP contribution is 2.29. The summed E-state index contributed by atoms with van der Waals surface area (Å²) in [7, 11) is 1.62. The van der Waals surface area contributed by atoms with Crippen LogP contribution in [0.4, 0.5) is 11.4 Å². The number of rotatable bonds is 5. The van der Waals surface area contributed by atoms with Crippen molar-refractivity contribution in [1.29, 1.82) is 0 Å². The zero-order chi connectivity index (χ0) is 15.4. The number of ether oxygens (including phenoxy) is 1. The number of nitro benzene ring substituents is 1. The second-order valence-electron chi connectivity index (χ2n) is 4.56.